The first-order valence-corrected chi connectivity index (χ1v) is 13.2. The van der Waals surface area contributed by atoms with Crippen molar-refractivity contribution in [3.05, 3.63) is 82.5 Å². The Morgan fingerprint density at radius 3 is 2.41 bits per heavy atom. The molecule has 230 valence electrons. The highest BCUT2D eigenvalue weighted by Crippen LogP contribution is 2.35. The molecule has 1 aromatic heterocycles. The van der Waals surface area contributed by atoms with Crippen LogP contribution in [0.2, 0.25) is 0 Å². The second-order valence-electron chi connectivity index (χ2n) is 9.83. The van der Waals surface area contributed by atoms with Crippen LogP contribution in [0.3, 0.4) is 0 Å². The molecule has 1 aliphatic heterocycles. The summed E-state index contributed by atoms with van der Waals surface area (Å²) < 4.78 is 27.5. The lowest BCUT2D eigenvalue weighted by Crippen LogP contribution is -2.61. The van der Waals surface area contributed by atoms with Crippen LogP contribution >= 0.6 is 0 Å². The average Bonchev–Trinajstić information content (AvgIpc) is 3.00. The van der Waals surface area contributed by atoms with Crippen molar-refractivity contribution >= 4 is 23.0 Å². The van der Waals surface area contributed by atoms with Gasteiger partial charge in [0.05, 0.1) is 13.7 Å². The summed E-state index contributed by atoms with van der Waals surface area (Å²) in [5.74, 6) is -1.42. The minimum Gasteiger partial charge on any atom is -0.508 e. The van der Waals surface area contributed by atoms with E-state index >= 15 is 0 Å². The van der Waals surface area contributed by atoms with E-state index in [4.69, 9.17) is 23.4 Å². The Morgan fingerprint density at radius 2 is 1.70 bits per heavy atom. The summed E-state index contributed by atoms with van der Waals surface area (Å²) in [5.41, 5.74) is 0.278. The largest absolute Gasteiger partial charge is 0.508 e. The number of phenols is 3. The topological polar surface area (TPSA) is 206 Å². The third-order valence-corrected chi connectivity index (χ3v) is 6.88. The maximum absolute atomic E-state index is 12.9. The van der Waals surface area contributed by atoms with Crippen LogP contribution in [0.5, 0.6) is 28.7 Å². The molecule has 2 heterocycles. The van der Waals surface area contributed by atoms with E-state index in [-0.39, 0.29) is 39.7 Å². The minimum atomic E-state index is -1.76. The van der Waals surface area contributed by atoms with E-state index in [1.165, 1.54) is 49.6 Å². The third kappa shape index (κ3) is 6.31. The van der Waals surface area contributed by atoms with Gasteiger partial charge >= 0.3 is 5.97 Å². The number of aromatic hydroxyl groups is 3. The Balaban J connectivity index is 1.40. The Labute approximate surface area is 249 Å². The number of rotatable bonds is 8. The molecular weight excluding hydrogens is 580 g/mol. The fourth-order valence-corrected chi connectivity index (χ4v) is 4.63. The standard InChI is InChI=1S/C31H28O13/c1-40-23-10-16(5-8-19(23)34)22-13-21(36)27-20(35)11-18(12-24(27)42-22)41-31-29(39)30(28(38)25(14-32)43-31)44-26(37)9-4-15-2-6-17(33)7-3-15/h2-13,25,28-35,38-39H,14H2,1H3/b9-4+/t25-,28-,29-,30+,31-/m1/s1. The summed E-state index contributed by atoms with van der Waals surface area (Å²) in [5, 5.41) is 61.1. The van der Waals surface area contributed by atoms with Gasteiger partial charge in [0.2, 0.25) is 6.29 Å². The van der Waals surface area contributed by atoms with Crippen molar-refractivity contribution in [3.8, 4) is 40.1 Å². The number of carbonyl (C=O) groups is 1. The van der Waals surface area contributed by atoms with Crippen LogP contribution in [0.25, 0.3) is 28.4 Å². The molecule has 1 saturated heterocycles. The van der Waals surface area contributed by atoms with Crippen molar-refractivity contribution in [2.24, 2.45) is 0 Å². The molecule has 13 heteroatoms. The van der Waals surface area contributed by atoms with Gasteiger partial charge in [-0.15, -0.1) is 0 Å². The minimum absolute atomic E-state index is 0.0413. The van der Waals surface area contributed by atoms with Crippen LogP contribution in [0.1, 0.15) is 5.56 Å². The zero-order valence-electron chi connectivity index (χ0n) is 23.1. The highest BCUT2D eigenvalue weighted by Gasteiger charge is 2.47. The zero-order valence-corrected chi connectivity index (χ0v) is 23.1. The van der Waals surface area contributed by atoms with Gasteiger partial charge in [0.25, 0.3) is 0 Å². The Kier molecular flexibility index (Phi) is 8.73. The lowest BCUT2D eigenvalue weighted by Gasteiger charge is -2.41. The fourth-order valence-electron chi connectivity index (χ4n) is 4.63. The molecule has 0 bridgehead atoms. The lowest BCUT2D eigenvalue weighted by molar-refractivity contribution is -0.280. The van der Waals surface area contributed by atoms with Gasteiger partial charge in [-0.2, -0.15) is 0 Å². The van der Waals surface area contributed by atoms with Crippen molar-refractivity contribution in [2.75, 3.05) is 13.7 Å². The summed E-state index contributed by atoms with van der Waals surface area (Å²) in [6.45, 7) is -0.720. The maximum Gasteiger partial charge on any atom is 0.331 e. The summed E-state index contributed by atoms with van der Waals surface area (Å²) in [7, 11) is 1.36. The summed E-state index contributed by atoms with van der Waals surface area (Å²) >= 11 is 0. The van der Waals surface area contributed by atoms with Gasteiger partial charge in [0, 0.05) is 29.8 Å². The molecule has 44 heavy (non-hydrogen) atoms. The number of fused-ring (bicyclic) bond motifs is 1. The van der Waals surface area contributed by atoms with E-state index in [1.54, 1.807) is 12.1 Å². The van der Waals surface area contributed by atoms with Gasteiger partial charge in [-0.05, 0) is 42.0 Å². The predicted molar refractivity (Wildman–Crippen MR) is 153 cm³/mol. The molecule has 6 N–H and O–H groups in total. The maximum atomic E-state index is 12.9. The number of phenolic OH excluding ortho intramolecular Hbond substituents is 3. The highest BCUT2D eigenvalue weighted by atomic mass is 16.7. The van der Waals surface area contributed by atoms with Crippen LogP contribution in [-0.4, -0.2) is 81.0 Å². The number of ether oxygens (including phenoxy) is 4. The SMILES string of the molecule is COc1cc(-c2cc(=O)c3c(O)cc(O[C@@H]4O[C@H](CO)[C@@H](O)[C@H](OC(=O)/C=C/c5ccc(O)cc5)[C@H]4O)cc3o2)ccc1O. The molecule has 0 saturated carbocycles. The van der Waals surface area contributed by atoms with E-state index in [0.717, 1.165) is 18.2 Å². The second kappa shape index (κ2) is 12.7. The molecule has 5 atom stereocenters. The molecule has 0 aliphatic carbocycles. The van der Waals surface area contributed by atoms with Crippen molar-refractivity contribution in [1.29, 1.82) is 0 Å². The summed E-state index contributed by atoms with van der Waals surface area (Å²) in [4.78, 5) is 25.4. The van der Waals surface area contributed by atoms with E-state index in [0.29, 0.717) is 11.1 Å². The zero-order chi connectivity index (χ0) is 31.5. The van der Waals surface area contributed by atoms with Gasteiger partial charge < -0.3 is 54.0 Å². The van der Waals surface area contributed by atoms with Gasteiger partial charge in [-0.1, -0.05) is 12.1 Å². The lowest BCUT2D eigenvalue weighted by atomic mass is 9.99. The van der Waals surface area contributed by atoms with Gasteiger partial charge in [-0.3, -0.25) is 4.79 Å². The van der Waals surface area contributed by atoms with Crippen molar-refractivity contribution in [1.82, 2.24) is 0 Å². The number of benzene rings is 3. The van der Waals surface area contributed by atoms with Crippen molar-refractivity contribution in [2.45, 2.75) is 30.7 Å². The smallest absolute Gasteiger partial charge is 0.331 e. The Hall–Kier alpha value is -5.08. The number of esters is 1. The van der Waals surface area contributed by atoms with Gasteiger partial charge in [0.15, 0.2) is 29.1 Å². The number of methoxy groups -OCH3 is 1. The molecule has 1 fully saturated rings. The Morgan fingerprint density at radius 1 is 0.955 bits per heavy atom. The van der Waals surface area contributed by atoms with Gasteiger partial charge in [-0.25, -0.2) is 4.79 Å². The summed E-state index contributed by atoms with van der Waals surface area (Å²) in [6, 6.07) is 13.7. The van der Waals surface area contributed by atoms with Crippen LogP contribution in [0.4, 0.5) is 0 Å². The first kappa shape index (κ1) is 30.4. The van der Waals surface area contributed by atoms with E-state index in [1.807, 2.05) is 0 Å². The molecule has 0 radical (unpaired) electrons. The van der Waals surface area contributed by atoms with E-state index in [2.05, 4.69) is 0 Å². The third-order valence-electron chi connectivity index (χ3n) is 6.88. The van der Waals surface area contributed by atoms with Crippen LogP contribution in [0, 0.1) is 0 Å². The van der Waals surface area contributed by atoms with Crippen LogP contribution < -0.4 is 14.9 Å². The number of hydrogen-bond donors (Lipinski definition) is 6. The average molecular weight is 609 g/mol. The monoisotopic (exact) mass is 608 g/mol. The fraction of sp³-hybridized carbons (Fsp3) is 0.226. The number of hydrogen-bond acceptors (Lipinski definition) is 13. The predicted octanol–water partition coefficient (Wildman–Crippen LogP) is 2.03. The molecular formula is C31H28O13. The van der Waals surface area contributed by atoms with Crippen LogP contribution in [-0.2, 0) is 14.3 Å². The molecule has 3 aromatic carbocycles. The van der Waals surface area contributed by atoms with E-state index in [9.17, 15) is 40.2 Å². The summed E-state index contributed by atoms with van der Waals surface area (Å²) in [6.07, 6.45) is -5.48. The molecule has 1 aliphatic rings. The van der Waals surface area contributed by atoms with E-state index < -0.39 is 54.5 Å². The number of aliphatic hydroxyl groups excluding tert-OH is 3. The molecule has 0 spiro atoms. The first-order chi connectivity index (χ1) is 21.1. The normalized spacial score (nSPS) is 21.8. The van der Waals surface area contributed by atoms with Crippen molar-refractivity contribution < 1.29 is 58.8 Å². The molecule has 4 aromatic rings. The van der Waals surface area contributed by atoms with Gasteiger partial charge in [0.1, 0.15) is 46.2 Å². The first-order valence-electron chi connectivity index (χ1n) is 13.2. The quantitative estimate of drug-likeness (QED) is 0.125. The molecule has 0 unspecified atom stereocenters. The number of aliphatic hydroxyl groups is 3. The second-order valence-corrected chi connectivity index (χ2v) is 9.83. The van der Waals surface area contributed by atoms with Crippen LogP contribution in [0.15, 0.2) is 76.0 Å². The molecule has 13 nitrogen and oxygen atoms in total. The highest BCUT2D eigenvalue weighted by molar-refractivity contribution is 5.87. The number of carbonyl (C=O) groups excluding carboxylic acids is 1. The Bertz CT molecular complexity index is 1740. The molecule has 0 amide bonds. The molecule has 5 rings (SSSR count). The van der Waals surface area contributed by atoms with Crippen molar-refractivity contribution in [3.63, 3.8) is 0 Å².